The Balaban J connectivity index is 1.56. The van der Waals surface area contributed by atoms with Crippen LogP contribution in [0.4, 0.5) is 0 Å². The monoisotopic (exact) mass is 427 g/mol. The van der Waals surface area contributed by atoms with Gasteiger partial charge in [0.2, 0.25) is 5.91 Å². The third-order valence-electron chi connectivity index (χ3n) is 6.15. The van der Waals surface area contributed by atoms with E-state index < -0.39 is 17.7 Å². The number of fused-ring (bicyclic) bond motifs is 1. The van der Waals surface area contributed by atoms with Crippen LogP contribution in [-0.4, -0.2) is 29.3 Å². The van der Waals surface area contributed by atoms with E-state index >= 15 is 0 Å². The minimum Gasteiger partial charge on any atom is -0.475 e. The Bertz CT molecular complexity index is 1090. The molecule has 0 heterocycles. The van der Waals surface area contributed by atoms with Gasteiger partial charge in [0.05, 0.1) is 5.92 Å². The highest BCUT2D eigenvalue weighted by atomic mass is 16.4. The molecule has 2 N–H and O–H groups in total. The number of benzene rings is 3. The quantitative estimate of drug-likeness (QED) is 0.434. The molecular formula is C27H25NO4. The summed E-state index contributed by atoms with van der Waals surface area (Å²) >= 11 is 0. The Morgan fingerprint density at radius 3 is 2.09 bits per heavy atom. The molecular weight excluding hydrogens is 402 g/mol. The Morgan fingerprint density at radius 1 is 0.875 bits per heavy atom. The number of hydrogen-bond donors (Lipinski definition) is 2. The second-order valence-electron chi connectivity index (χ2n) is 8.07. The van der Waals surface area contributed by atoms with Crippen LogP contribution in [0.3, 0.4) is 0 Å². The standard InChI is InChI=1S/C27H25NO4/c29-25(27(31)32)22-15-7-14-21-20(22)13-8-16-23(21)26(30)28-17-24(18-9-3-1-4-10-18)19-11-5-2-6-12-19/h1-7,9-12,14-15,23-24H,8,13,16-17H2,(H,28,30)(H,31,32). The molecule has 162 valence electrons. The van der Waals surface area contributed by atoms with E-state index in [9.17, 15) is 14.4 Å². The number of Topliss-reactive ketones (excluding diaryl/α,β-unsaturated/α-hetero) is 1. The van der Waals surface area contributed by atoms with Crippen LogP contribution in [0.1, 0.15) is 57.3 Å². The summed E-state index contributed by atoms with van der Waals surface area (Å²) in [6, 6.07) is 25.2. The van der Waals surface area contributed by atoms with E-state index in [2.05, 4.69) is 29.6 Å². The van der Waals surface area contributed by atoms with Gasteiger partial charge >= 0.3 is 5.97 Å². The lowest BCUT2D eigenvalue weighted by atomic mass is 9.79. The molecule has 1 aliphatic carbocycles. The number of carbonyl (C=O) groups is 3. The number of carboxylic acids is 1. The van der Waals surface area contributed by atoms with Crippen LogP contribution in [0.25, 0.3) is 0 Å². The third-order valence-corrected chi connectivity index (χ3v) is 6.15. The largest absolute Gasteiger partial charge is 0.475 e. The Hall–Kier alpha value is -3.73. The normalized spacial score (nSPS) is 15.1. The molecule has 5 nitrogen and oxygen atoms in total. The number of amides is 1. The van der Waals surface area contributed by atoms with Crippen LogP contribution in [-0.2, 0) is 16.0 Å². The van der Waals surface area contributed by atoms with Gasteiger partial charge in [0, 0.05) is 18.0 Å². The van der Waals surface area contributed by atoms with E-state index in [1.165, 1.54) is 6.07 Å². The Morgan fingerprint density at radius 2 is 1.50 bits per heavy atom. The van der Waals surface area contributed by atoms with E-state index in [1.54, 1.807) is 6.07 Å². The summed E-state index contributed by atoms with van der Waals surface area (Å²) in [6.07, 6.45) is 2.01. The van der Waals surface area contributed by atoms with Crippen LogP contribution in [0, 0.1) is 0 Å². The lowest BCUT2D eigenvalue weighted by Gasteiger charge is -2.27. The summed E-state index contributed by atoms with van der Waals surface area (Å²) in [5.41, 5.74) is 3.89. The fourth-order valence-electron chi connectivity index (χ4n) is 4.57. The van der Waals surface area contributed by atoms with Crippen molar-refractivity contribution in [2.45, 2.75) is 31.1 Å². The number of aliphatic carboxylic acids is 1. The zero-order chi connectivity index (χ0) is 22.5. The first-order valence-corrected chi connectivity index (χ1v) is 10.8. The van der Waals surface area contributed by atoms with Crippen LogP contribution < -0.4 is 5.32 Å². The molecule has 1 unspecified atom stereocenters. The Labute approximate surface area is 187 Å². The van der Waals surface area contributed by atoms with Crippen molar-refractivity contribution in [1.29, 1.82) is 0 Å². The maximum Gasteiger partial charge on any atom is 0.377 e. The molecule has 3 aromatic rings. The molecule has 32 heavy (non-hydrogen) atoms. The lowest BCUT2D eigenvalue weighted by Crippen LogP contribution is -2.35. The molecule has 0 saturated heterocycles. The summed E-state index contributed by atoms with van der Waals surface area (Å²) in [7, 11) is 0. The van der Waals surface area contributed by atoms with E-state index in [-0.39, 0.29) is 17.4 Å². The molecule has 0 aliphatic heterocycles. The second kappa shape index (κ2) is 9.60. The van der Waals surface area contributed by atoms with Gasteiger partial charge in [-0.25, -0.2) is 4.79 Å². The van der Waals surface area contributed by atoms with Gasteiger partial charge in [-0.1, -0.05) is 78.9 Å². The summed E-state index contributed by atoms with van der Waals surface area (Å²) < 4.78 is 0. The highest BCUT2D eigenvalue weighted by Gasteiger charge is 2.30. The first-order chi connectivity index (χ1) is 15.6. The molecule has 0 bridgehead atoms. The van der Waals surface area contributed by atoms with Crippen molar-refractivity contribution >= 4 is 17.7 Å². The lowest BCUT2D eigenvalue weighted by molar-refractivity contribution is -0.131. The van der Waals surface area contributed by atoms with Crippen molar-refractivity contribution in [2.24, 2.45) is 0 Å². The molecule has 0 fully saturated rings. The van der Waals surface area contributed by atoms with Crippen molar-refractivity contribution in [3.8, 4) is 0 Å². The van der Waals surface area contributed by atoms with Crippen molar-refractivity contribution in [1.82, 2.24) is 5.32 Å². The Kier molecular flexibility index (Phi) is 6.45. The summed E-state index contributed by atoms with van der Waals surface area (Å²) in [5.74, 6) is -2.87. The third kappa shape index (κ3) is 4.47. The molecule has 1 atom stereocenters. The molecule has 1 aliphatic rings. The van der Waals surface area contributed by atoms with Crippen LogP contribution in [0.15, 0.2) is 78.9 Å². The van der Waals surface area contributed by atoms with Crippen molar-refractivity contribution in [3.63, 3.8) is 0 Å². The van der Waals surface area contributed by atoms with Gasteiger partial charge in [0.15, 0.2) is 0 Å². The predicted molar refractivity (Wildman–Crippen MR) is 122 cm³/mol. The smallest absolute Gasteiger partial charge is 0.377 e. The predicted octanol–water partition coefficient (Wildman–Crippen LogP) is 4.32. The topological polar surface area (TPSA) is 83.5 Å². The van der Waals surface area contributed by atoms with Gasteiger partial charge in [0.1, 0.15) is 0 Å². The fraction of sp³-hybridized carbons (Fsp3) is 0.222. The van der Waals surface area contributed by atoms with Crippen molar-refractivity contribution in [3.05, 3.63) is 107 Å². The summed E-state index contributed by atoms with van der Waals surface area (Å²) in [6.45, 7) is 0.451. The molecule has 4 rings (SSSR count). The van der Waals surface area contributed by atoms with Crippen LogP contribution in [0.2, 0.25) is 0 Å². The number of nitrogens with one attached hydrogen (secondary N) is 1. The molecule has 0 aromatic heterocycles. The number of rotatable bonds is 7. The van der Waals surface area contributed by atoms with Gasteiger partial charge in [-0.05, 0) is 41.5 Å². The van der Waals surface area contributed by atoms with Gasteiger partial charge in [-0.3, -0.25) is 9.59 Å². The average Bonchev–Trinajstić information content (AvgIpc) is 2.84. The summed E-state index contributed by atoms with van der Waals surface area (Å²) in [4.78, 5) is 36.6. The molecule has 3 aromatic carbocycles. The molecule has 0 spiro atoms. The average molecular weight is 428 g/mol. The first-order valence-electron chi connectivity index (χ1n) is 10.8. The first kappa shape index (κ1) is 21.5. The van der Waals surface area contributed by atoms with Gasteiger partial charge in [0.25, 0.3) is 5.78 Å². The minimum atomic E-state index is -1.47. The number of carboxylic acid groups (broad SMARTS) is 1. The van der Waals surface area contributed by atoms with Crippen molar-refractivity contribution in [2.75, 3.05) is 6.54 Å². The zero-order valence-electron chi connectivity index (χ0n) is 17.7. The highest BCUT2D eigenvalue weighted by Crippen LogP contribution is 2.34. The van der Waals surface area contributed by atoms with Crippen LogP contribution >= 0.6 is 0 Å². The SMILES string of the molecule is O=C(O)C(=O)c1cccc2c1CCCC2C(=O)NCC(c1ccccc1)c1ccccc1. The van der Waals surface area contributed by atoms with Gasteiger partial charge in [-0.15, -0.1) is 0 Å². The van der Waals surface area contributed by atoms with E-state index in [0.717, 1.165) is 23.1 Å². The molecule has 5 heteroatoms. The number of hydrogen-bond acceptors (Lipinski definition) is 3. The number of carbonyl (C=O) groups excluding carboxylic acids is 2. The second-order valence-corrected chi connectivity index (χ2v) is 8.07. The number of ketones is 1. The fourth-order valence-corrected chi connectivity index (χ4v) is 4.57. The summed E-state index contributed by atoms with van der Waals surface area (Å²) in [5, 5.41) is 12.3. The van der Waals surface area contributed by atoms with Crippen molar-refractivity contribution < 1.29 is 19.5 Å². The minimum absolute atomic E-state index is 0.0179. The van der Waals surface area contributed by atoms with Crippen LogP contribution in [0.5, 0.6) is 0 Å². The maximum atomic E-state index is 13.2. The van der Waals surface area contributed by atoms with E-state index in [0.29, 0.717) is 24.9 Å². The van der Waals surface area contributed by atoms with Gasteiger partial charge in [-0.2, -0.15) is 0 Å². The van der Waals surface area contributed by atoms with E-state index in [1.807, 2.05) is 42.5 Å². The van der Waals surface area contributed by atoms with Gasteiger partial charge < -0.3 is 10.4 Å². The molecule has 1 amide bonds. The highest BCUT2D eigenvalue weighted by molar-refractivity contribution is 6.40. The zero-order valence-corrected chi connectivity index (χ0v) is 17.7. The van der Waals surface area contributed by atoms with E-state index in [4.69, 9.17) is 5.11 Å². The maximum absolute atomic E-state index is 13.2. The molecule has 0 radical (unpaired) electrons. The molecule has 0 saturated carbocycles.